The quantitative estimate of drug-likeness (QED) is 0.368. The number of likely N-dealkylation sites (tertiary alicyclic amines) is 1. The highest BCUT2D eigenvalue weighted by Gasteiger charge is 2.17. The van der Waals surface area contributed by atoms with Gasteiger partial charge in [-0.3, -0.25) is 9.79 Å². The van der Waals surface area contributed by atoms with Crippen molar-refractivity contribution >= 4 is 35.8 Å². The van der Waals surface area contributed by atoms with E-state index in [1.165, 1.54) is 6.42 Å². The Kier molecular flexibility index (Phi) is 9.33. The molecule has 1 fully saturated rings. The van der Waals surface area contributed by atoms with Gasteiger partial charge in [0.25, 0.3) is 5.91 Å². The molecule has 2 heterocycles. The van der Waals surface area contributed by atoms with Crippen LogP contribution in [0.3, 0.4) is 0 Å². The number of hydrogen-bond acceptors (Lipinski definition) is 2. The second-order valence-corrected chi connectivity index (χ2v) is 6.82. The van der Waals surface area contributed by atoms with E-state index in [0.29, 0.717) is 6.54 Å². The molecule has 0 saturated carbocycles. The number of carbonyl (C=O) groups is 1. The maximum absolute atomic E-state index is 12.5. The van der Waals surface area contributed by atoms with Crippen molar-refractivity contribution in [3.63, 3.8) is 0 Å². The SMILES string of the molecule is CN=C(NCCn1cccc1)NCc1ccc(C(=O)N2CCCCC2)cc1.I. The van der Waals surface area contributed by atoms with Crippen LogP contribution in [0.4, 0.5) is 0 Å². The van der Waals surface area contributed by atoms with Crippen molar-refractivity contribution < 1.29 is 4.79 Å². The average Bonchev–Trinajstić information content (AvgIpc) is 3.24. The van der Waals surface area contributed by atoms with Gasteiger partial charge in [-0.05, 0) is 49.1 Å². The van der Waals surface area contributed by atoms with Crippen molar-refractivity contribution in [3.8, 4) is 0 Å². The standard InChI is InChI=1S/C21H29N5O.HI/c1-22-21(23-11-16-25-12-5-6-13-25)24-17-18-7-9-19(10-8-18)20(27)26-14-3-2-4-15-26;/h5-10,12-13H,2-4,11,14-17H2,1H3,(H2,22,23,24);1H. The molecule has 2 N–H and O–H groups in total. The van der Waals surface area contributed by atoms with Gasteiger partial charge in [0.1, 0.15) is 0 Å². The molecule has 28 heavy (non-hydrogen) atoms. The van der Waals surface area contributed by atoms with E-state index >= 15 is 0 Å². The maximum Gasteiger partial charge on any atom is 0.253 e. The van der Waals surface area contributed by atoms with Crippen LogP contribution in [-0.4, -0.2) is 48.0 Å². The minimum absolute atomic E-state index is 0. The zero-order valence-corrected chi connectivity index (χ0v) is 18.8. The summed E-state index contributed by atoms with van der Waals surface area (Å²) in [6, 6.07) is 11.9. The fraction of sp³-hybridized carbons (Fsp3) is 0.429. The van der Waals surface area contributed by atoms with Crippen LogP contribution in [-0.2, 0) is 13.1 Å². The lowest BCUT2D eigenvalue weighted by Gasteiger charge is -2.26. The molecule has 1 saturated heterocycles. The van der Waals surface area contributed by atoms with Crippen molar-refractivity contribution in [1.29, 1.82) is 0 Å². The number of guanidine groups is 1. The van der Waals surface area contributed by atoms with E-state index in [9.17, 15) is 4.79 Å². The van der Waals surface area contributed by atoms with Crippen LogP contribution in [0.2, 0.25) is 0 Å². The van der Waals surface area contributed by atoms with Gasteiger partial charge in [0.2, 0.25) is 0 Å². The first-order valence-electron chi connectivity index (χ1n) is 9.70. The lowest BCUT2D eigenvalue weighted by atomic mass is 10.1. The predicted molar refractivity (Wildman–Crippen MR) is 124 cm³/mol. The molecule has 2 aromatic rings. The molecule has 7 heteroatoms. The summed E-state index contributed by atoms with van der Waals surface area (Å²) in [5, 5.41) is 6.62. The lowest BCUT2D eigenvalue weighted by molar-refractivity contribution is 0.0724. The molecular formula is C21H30IN5O. The third-order valence-electron chi connectivity index (χ3n) is 4.86. The number of halogens is 1. The second kappa shape index (κ2) is 11.7. The minimum Gasteiger partial charge on any atom is -0.355 e. The van der Waals surface area contributed by atoms with Crippen molar-refractivity contribution in [2.24, 2.45) is 4.99 Å². The van der Waals surface area contributed by atoms with Gasteiger partial charge in [0.05, 0.1) is 0 Å². The van der Waals surface area contributed by atoms with E-state index in [0.717, 1.165) is 56.1 Å². The Labute approximate surface area is 184 Å². The molecule has 6 nitrogen and oxygen atoms in total. The third kappa shape index (κ3) is 6.54. The van der Waals surface area contributed by atoms with Crippen LogP contribution in [0.5, 0.6) is 0 Å². The van der Waals surface area contributed by atoms with Gasteiger partial charge in [-0.2, -0.15) is 0 Å². The zero-order chi connectivity index (χ0) is 18.9. The van der Waals surface area contributed by atoms with E-state index in [2.05, 4.69) is 20.2 Å². The van der Waals surface area contributed by atoms with E-state index in [1.807, 2.05) is 53.7 Å². The molecule has 3 rings (SSSR count). The van der Waals surface area contributed by atoms with Gasteiger partial charge in [0.15, 0.2) is 5.96 Å². The molecular weight excluding hydrogens is 465 g/mol. The molecule has 1 aliphatic rings. The third-order valence-corrected chi connectivity index (χ3v) is 4.86. The van der Waals surface area contributed by atoms with Crippen molar-refractivity contribution in [3.05, 3.63) is 59.9 Å². The monoisotopic (exact) mass is 495 g/mol. The molecule has 1 amide bonds. The van der Waals surface area contributed by atoms with Crippen molar-refractivity contribution in [2.45, 2.75) is 32.4 Å². The number of rotatable bonds is 6. The number of aromatic nitrogens is 1. The summed E-state index contributed by atoms with van der Waals surface area (Å²) < 4.78 is 2.12. The Balaban J connectivity index is 0.00000280. The van der Waals surface area contributed by atoms with Crippen LogP contribution in [0.25, 0.3) is 0 Å². The lowest BCUT2D eigenvalue weighted by Crippen LogP contribution is -2.38. The molecule has 0 spiro atoms. The minimum atomic E-state index is 0. The smallest absolute Gasteiger partial charge is 0.253 e. The van der Waals surface area contributed by atoms with Gasteiger partial charge in [0, 0.05) is 57.7 Å². The molecule has 0 unspecified atom stereocenters. The number of amides is 1. The van der Waals surface area contributed by atoms with Gasteiger partial charge in [-0.15, -0.1) is 24.0 Å². The molecule has 1 aromatic carbocycles. The van der Waals surface area contributed by atoms with E-state index in [1.54, 1.807) is 7.05 Å². The topological polar surface area (TPSA) is 61.7 Å². The Hall–Kier alpha value is -2.03. The number of piperidine rings is 1. The normalized spacial score (nSPS) is 14.3. The summed E-state index contributed by atoms with van der Waals surface area (Å²) in [6.45, 7) is 4.13. The zero-order valence-electron chi connectivity index (χ0n) is 16.4. The summed E-state index contributed by atoms with van der Waals surface area (Å²) >= 11 is 0. The molecule has 0 atom stereocenters. The summed E-state index contributed by atoms with van der Waals surface area (Å²) in [5.41, 5.74) is 1.90. The molecule has 152 valence electrons. The number of nitrogens with zero attached hydrogens (tertiary/aromatic N) is 3. The predicted octanol–water partition coefficient (Wildman–Crippen LogP) is 3.10. The number of carbonyl (C=O) groups excluding carboxylic acids is 1. The van der Waals surface area contributed by atoms with Crippen molar-refractivity contribution in [2.75, 3.05) is 26.7 Å². The molecule has 1 aromatic heterocycles. The number of nitrogens with one attached hydrogen (secondary N) is 2. The van der Waals surface area contributed by atoms with Crippen LogP contribution in [0.15, 0.2) is 53.8 Å². The highest BCUT2D eigenvalue weighted by molar-refractivity contribution is 14.0. The summed E-state index contributed by atoms with van der Waals surface area (Å²) in [4.78, 5) is 18.7. The van der Waals surface area contributed by atoms with E-state index in [4.69, 9.17) is 0 Å². The van der Waals surface area contributed by atoms with E-state index in [-0.39, 0.29) is 29.9 Å². The molecule has 0 bridgehead atoms. The number of aliphatic imine (C=N–C) groups is 1. The fourth-order valence-corrected chi connectivity index (χ4v) is 3.27. The van der Waals surface area contributed by atoms with Gasteiger partial charge < -0.3 is 20.1 Å². The first-order valence-corrected chi connectivity index (χ1v) is 9.70. The van der Waals surface area contributed by atoms with E-state index < -0.39 is 0 Å². The second-order valence-electron chi connectivity index (χ2n) is 6.82. The van der Waals surface area contributed by atoms with Gasteiger partial charge >= 0.3 is 0 Å². The summed E-state index contributed by atoms with van der Waals surface area (Å²) in [6.07, 6.45) is 7.55. The largest absolute Gasteiger partial charge is 0.355 e. The van der Waals surface area contributed by atoms with Gasteiger partial charge in [-0.1, -0.05) is 12.1 Å². The highest BCUT2D eigenvalue weighted by Crippen LogP contribution is 2.13. The highest BCUT2D eigenvalue weighted by atomic mass is 127. The van der Waals surface area contributed by atoms with Crippen LogP contribution in [0, 0.1) is 0 Å². The molecule has 0 aliphatic carbocycles. The Morgan fingerprint density at radius 3 is 2.36 bits per heavy atom. The number of hydrogen-bond donors (Lipinski definition) is 2. The van der Waals surface area contributed by atoms with Gasteiger partial charge in [-0.25, -0.2) is 0 Å². The Morgan fingerprint density at radius 1 is 1.04 bits per heavy atom. The van der Waals surface area contributed by atoms with Crippen LogP contribution in [0.1, 0.15) is 35.2 Å². The fourth-order valence-electron chi connectivity index (χ4n) is 3.27. The first-order chi connectivity index (χ1) is 13.3. The van der Waals surface area contributed by atoms with Crippen LogP contribution < -0.4 is 10.6 Å². The molecule has 0 radical (unpaired) electrons. The Morgan fingerprint density at radius 2 is 1.71 bits per heavy atom. The average molecular weight is 495 g/mol. The molecule has 1 aliphatic heterocycles. The summed E-state index contributed by atoms with van der Waals surface area (Å²) in [5.74, 6) is 0.923. The maximum atomic E-state index is 12.5. The Bertz CT molecular complexity index is 737. The summed E-state index contributed by atoms with van der Waals surface area (Å²) in [7, 11) is 1.77. The first kappa shape index (κ1) is 22.3. The van der Waals surface area contributed by atoms with Crippen molar-refractivity contribution in [1.82, 2.24) is 20.1 Å². The van der Waals surface area contributed by atoms with Crippen LogP contribution >= 0.6 is 24.0 Å². The number of benzene rings is 1.